The van der Waals surface area contributed by atoms with Crippen molar-refractivity contribution in [2.24, 2.45) is 0 Å². The fourth-order valence-corrected chi connectivity index (χ4v) is 2.36. The molecule has 7 heteroatoms. The molecule has 0 unspecified atom stereocenters. The molecule has 0 amide bonds. The van der Waals surface area contributed by atoms with E-state index in [0.717, 1.165) is 5.56 Å². The van der Waals surface area contributed by atoms with E-state index in [-0.39, 0.29) is 6.61 Å². The minimum Gasteiger partial charge on any atom is -0.455 e. The number of benzene rings is 1. The lowest BCUT2D eigenvalue weighted by Crippen LogP contribution is -2.41. The van der Waals surface area contributed by atoms with Crippen molar-refractivity contribution in [3.05, 3.63) is 35.9 Å². The van der Waals surface area contributed by atoms with Crippen molar-refractivity contribution in [3.8, 4) is 0 Å². The minimum absolute atomic E-state index is 0.0850. The van der Waals surface area contributed by atoms with Crippen molar-refractivity contribution in [2.45, 2.75) is 45.1 Å². The Morgan fingerprint density at radius 1 is 1.09 bits per heavy atom. The van der Waals surface area contributed by atoms with Crippen LogP contribution in [0.3, 0.4) is 0 Å². The summed E-state index contributed by atoms with van der Waals surface area (Å²) in [6.07, 6.45) is -4.07. The molecule has 126 valence electrons. The smallest absolute Gasteiger partial charge is 0.303 e. The predicted molar refractivity (Wildman–Crippen MR) is 78.1 cm³/mol. The molecule has 1 aliphatic rings. The van der Waals surface area contributed by atoms with Crippen LogP contribution >= 0.6 is 0 Å². The summed E-state index contributed by atoms with van der Waals surface area (Å²) in [6.45, 7) is 2.87. The molecule has 0 saturated carbocycles. The molecule has 2 rings (SSSR count). The highest BCUT2D eigenvalue weighted by atomic mass is 16.7. The highest BCUT2D eigenvalue weighted by molar-refractivity contribution is 5.67. The molecule has 1 N–H and O–H groups in total. The molecule has 1 aromatic carbocycles. The Morgan fingerprint density at radius 2 is 1.70 bits per heavy atom. The number of aliphatic hydroxyl groups excluding tert-OH is 1. The van der Waals surface area contributed by atoms with E-state index in [4.69, 9.17) is 18.9 Å². The van der Waals surface area contributed by atoms with Gasteiger partial charge in [-0.15, -0.1) is 0 Å². The number of hydrogen-bond acceptors (Lipinski definition) is 7. The van der Waals surface area contributed by atoms with E-state index >= 15 is 0 Å². The Labute approximate surface area is 134 Å². The van der Waals surface area contributed by atoms with Gasteiger partial charge >= 0.3 is 11.9 Å². The summed E-state index contributed by atoms with van der Waals surface area (Å²) < 4.78 is 21.0. The number of aliphatic hydroxyl groups is 1. The number of rotatable bonds is 6. The topological polar surface area (TPSA) is 91.3 Å². The van der Waals surface area contributed by atoms with Gasteiger partial charge in [0.2, 0.25) is 0 Å². The molecular formula is C16H20O7. The number of esters is 2. The Kier molecular flexibility index (Phi) is 6.09. The lowest BCUT2D eigenvalue weighted by Gasteiger charge is -2.22. The van der Waals surface area contributed by atoms with Crippen LogP contribution in [0.4, 0.5) is 0 Å². The summed E-state index contributed by atoms with van der Waals surface area (Å²) >= 11 is 0. The summed E-state index contributed by atoms with van der Waals surface area (Å²) in [4.78, 5) is 22.4. The molecular weight excluding hydrogens is 304 g/mol. The molecule has 0 bridgehead atoms. The van der Waals surface area contributed by atoms with E-state index in [0.29, 0.717) is 6.61 Å². The van der Waals surface area contributed by atoms with Crippen molar-refractivity contribution >= 4 is 11.9 Å². The van der Waals surface area contributed by atoms with Crippen molar-refractivity contribution in [3.63, 3.8) is 0 Å². The van der Waals surface area contributed by atoms with Gasteiger partial charge in [0, 0.05) is 13.8 Å². The normalized spacial score (nSPS) is 26.7. The third kappa shape index (κ3) is 5.02. The average molecular weight is 324 g/mol. The van der Waals surface area contributed by atoms with Crippen LogP contribution in [0.2, 0.25) is 0 Å². The molecule has 0 aromatic heterocycles. The quantitative estimate of drug-likeness (QED) is 0.773. The zero-order chi connectivity index (χ0) is 16.8. The van der Waals surface area contributed by atoms with Crippen LogP contribution in [0.25, 0.3) is 0 Å². The molecule has 1 saturated heterocycles. The standard InChI is InChI=1S/C16H20O7/c1-10(17)21-14-13(23-16(19)15(14)22-11(2)18)9-20-8-12-6-4-3-5-7-12/h3-7,13-16,19H,8-9H2,1-2H3/t13-,14-,15-,16+/m1/s1. The highest BCUT2D eigenvalue weighted by Gasteiger charge is 2.48. The fraction of sp³-hybridized carbons (Fsp3) is 0.500. The molecule has 4 atom stereocenters. The first-order chi connectivity index (χ1) is 11.0. The number of carbonyl (C=O) groups is 2. The summed E-state index contributed by atoms with van der Waals surface area (Å²) in [7, 11) is 0. The van der Waals surface area contributed by atoms with Gasteiger partial charge in [0.15, 0.2) is 18.5 Å². The monoisotopic (exact) mass is 324 g/mol. The predicted octanol–water partition coefficient (Wildman–Crippen LogP) is 0.784. The maximum atomic E-state index is 11.2. The molecule has 0 radical (unpaired) electrons. The van der Waals surface area contributed by atoms with E-state index in [1.165, 1.54) is 13.8 Å². The van der Waals surface area contributed by atoms with Gasteiger partial charge in [0.1, 0.15) is 6.10 Å². The van der Waals surface area contributed by atoms with Gasteiger partial charge in [-0.25, -0.2) is 0 Å². The van der Waals surface area contributed by atoms with Crippen molar-refractivity contribution < 1.29 is 33.6 Å². The molecule has 23 heavy (non-hydrogen) atoms. The number of hydrogen-bond donors (Lipinski definition) is 1. The first kappa shape index (κ1) is 17.4. The van der Waals surface area contributed by atoms with Crippen LogP contribution in [0.15, 0.2) is 30.3 Å². The van der Waals surface area contributed by atoms with Gasteiger partial charge in [0.05, 0.1) is 13.2 Å². The largest absolute Gasteiger partial charge is 0.455 e. The van der Waals surface area contributed by atoms with E-state index in [2.05, 4.69) is 0 Å². The fourth-order valence-electron chi connectivity index (χ4n) is 2.36. The summed E-state index contributed by atoms with van der Waals surface area (Å²) in [5, 5.41) is 9.86. The first-order valence-electron chi connectivity index (χ1n) is 7.27. The maximum Gasteiger partial charge on any atom is 0.303 e. The molecule has 7 nitrogen and oxygen atoms in total. The van der Waals surface area contributed by atoms with Crippen LogP contribution in [0.5, 0.6) is 0 Å². The van der Waals surface area contributed by atoms with Gasteiger partial charge < -0.3 is 24.1 Å². The Morgan fingerprint density at radius 3 is 2.30 bits per heavy atom. The Hall–Kier alpha value is -1.96. The van der Waals surface area contributed by atoms with E-state index < -0.39 is 36.5 Å². The van der Waals surface area contributed by atoms with Crippen molar-refractivity contribution in [1.82, 2.24) is 0 Å². The van der Waals surface area contributed by atoms with Crippen LogP contribution in [0, 0.1) is 0 Å². The Bertz CT molecular complexity index is 530. The lowest BCUT2D eigenvalue weighted by atomic mass is 10.1. The third-order valence-electron chi connectivity index (χ3n) is 3.28. The minimum atomic E-state index is -1.37. The highest BCUT2D eigenvalue weighted by Crippen LogP contribution is 2.26. The van der Waals surface area contributed by atoms with Gasteiger partial charge in [-0.1, -0.05) is 30.3 Å². The van der Waals surface area contributed by atoms with Gasteiger partial charge in [-0.05, 0) is 5.56 Å². The van der Waals surface area contributed by atoms with E-state index in [1.54, 1.807) is 0 Å². The van der Waals surface area contributed by atoms with Crippen LogP contribution in [-0.4, -0.2) is 48.3 Å². The SMILES string of the molecule is CC(=O)O[C@@H]1[C@H](OC(C)=O)[C@@H](COCc2ccccc2)O[C@@H]1O. The summed E-state index contributed by atoms with van der Waals surface area (Å²) in [5.74, 6) is -1.15. The van der Waals surface area contributed by atoms with Crippen LogP contribution < -0.4 is 0 Å². The molecule has 1 aliphatic heterocycles. The van der Waals surface area contributed by atoms with Crippen LogP contribution in [-0.2, 0) is 35.1 Å². The zero-order valence-corrected chi connectivity index (χ0v) is 13.0. The van der Waals surface area contributed by atoms with Gasteiger partial charge in [0.25, 0.3) is 0 Å². The second-order valence-corrected chi connectivity index (χ2v) is 5.21. The molecule has 0 spiro atoms. The lowest BCUT2D eigenvalue weighted by molar-refractivity contribution is -0.174. The maximum absolute atomic E-state index is 11.2. The van der Waals surface area contributed by atoms with Gasteiger partial charge in [-0.3, -0.25) is 9.59 Å². The van der Waals surface area contributed by atoms with Crippen molar-refractivity contribution in [1.29, 1.82) is 0 Å². The number of ether oxygens (including phenoxy) is 4. The summed E-state index contributed by atoms with van der Waals surface area (Å²) in [5.41, 5.74) is 0.978. The third-order valence-corrected chi connectivity index (χ3v) is 3.28. The molecule has 1 fully saturated rings. The second-order valence-electron chi connectivity index (χ2n) is 5.21. The first-order valence-corrected chi connectivity index (χ1v) is 7.27. The van der Waals surface area contributed by atoms with Crippen LogP contribution in [0.1, 0.15) is 19.4 Å². The van der Waals surface area contributed by atoms with Crippen molar-refractivity contribution in [2.75, 3.05) is 6.61 Å². The zero-order valence-electron chi connectivity index (χ0n) is 13.0. The van der Waals surface area contributed by atoms with E-state index in [9.17, 15) is 14.7 Å². The second kappa shape index (κ2) is 8.05. The molecule has 1 aromatic rings. The van der Waals surface area contributed by atoms with E-state index in [1.807, 2.05) is 30.3 Å². The van der Waals surface area contributed by atoms with Gasteiger partial charge in [-0.2, -0.15) is 0 Å². The molecule has 1 heterocycles. The molecule has 0 aliphatic carbocycles. The average Bonchev–Trinajstić information content (AvgIpc) is 2.76. The summed E-state index contributed by atoms with van der Waals surface area (Å²) in [6, 6.07) is 9.52. The Balaban J connectivity index is 1.95. The number of carbonyl (C=O) groups excluding carboxylic acids is 2.